The van der Waals surface area contributed by atoms with Crippen LogP contribution in [-0.2, 0) is 0 Å². The average Bonchev–Trinajstić information content (AvgIpc) is 2.38. The molecule has 2 rings (SSSR count). The molecule has 20 heavy (non-hydrogen) atoms. The molecular weight excluding hydrogens is 244 g/mol. The van der Waals surface area contributed by atoms with Crippen LogP contribution in [0, 0.1) is 13.8 Å². The fourth-order valence-electron chi connectivity index (χ4n) is 2.46. The van der Waals surface area contributed by atoms with Crippen molar-refractivity contribution in [3.05, 3.63) is 53.1 Å². The Labute approximate surface area is 122 Å². The number of hydrogen-bond donors (Lipinski definition) is 1. The van der Waals surface area contributed by atoms with Crippen molar-refractivity contribution < 1.29 is 0 Å². The monoisotopic (exact) mass is 268 g/mol. The van der Waals surface area contributed by atoms with Crippen LogP contribution in [-0.4, -0.2) is 7.05 Å². The van der Waals surface area contributed by atoms with Crippen molar-refractivity contribution >= 4 is 17.1 Å². The number of nitrogen functional groups attached to an aromatic ring is 1. The summed E-state index contributed by atoms with van der Waals surface area (Å²) in [6, 6.07) is 12.9. The van der Waals surface area contributed by atoms with Gasteiger partial charge in [-0.25, -0.2) is 0 Å². The van der Waals surface area contributed by atoms with E-state index in [2.05, 4.69) is 70.0 Å². The summed E-state index contributed by atoms with van der Waals surface area (Å²) in [6.07, 6.45) is 0. The predicted octanol–water partition coefficient (Wildman–Crippen LogP) is 4.78. The number of nitrogens with zero attached hydrogens (tertiary/aromatic N) is 1. The summed E-state index contributed by atoms with van der Waals surface area (Å²) in [5.74, 6) is 0.526. The fourth-order valence-corrected chi connectivity index (χ4v) is 2.46. The second kappa shape index (κ2) is 5.58. The quantitative estimate of drug-likeness (QED) is 0.812. The van der Waals surface area contributed by atoms with Gasteiger partial charge < -0.3 is 10.6 Å². The van der Waals surface area contributed by atoms with E-state index in [1.807, 2.05) is 6.07 Å². The number of nitrogens with two attached hydrogens (primary N) is 1. The van der Waals surface area contributed by atoms with E-state index < -0.39 is 0 Å². The molecule has 2 aromatic carbocycles. The smallest absolute Gasteiger partial charge is 0.0642 e. The molecule has 0 aliphatic heterocycles. The molecule has 2 N–H and O–H groups in total. The Bertz CT molecular complexity index is 615. The van der Waals surface area contributed by atoms with Crippen LogP contribution in [0.4, 0.5) is 17.1 Å². The normalized spacial score (nSPS) is 10.9. The molecule has 0 atom stereocenters. The average molecular weight is 268 g/mol. The third-order valence-electron chi connectivity index (χ3n) is 3.81. The Hall–Kier alpha value is -1.96. The summed E-state index contributed by atoms with van der Waals surface area (Å²) in [6.45, 7) is 8.63. The Morgan fingerprint density at radius 3 is 2.25 bits per heavy atom. The van der Waals surface area contributed by atoms with E-state index in [0.29, 0.717) is 5.92 Å². The number of benzene rings is 2. The SMILES string of the molecule is Cc1ccc(N(C)c2cc(C(C)C)ccc2C)c(N)c1. The van der Waals surface area contributed by atoms with Gasteiger partial charge in [0.25, 0.3) is 0 Å². The Kier molecular flexibility index (Phi) is 4.03. The first-order valence-electron chi connectivity index (χ1n) is 7.10. The molecule has 2 nitrogen and oxygen atoms in total. The van der Waals surface area contributed by atoms with E-state index in [1.54, 1.807) is 0 Å². The van der Waals surface area contributed by atoms with Crippen molar-refractivity contribution in [3.63, 3.8) is 0 Å². The van der Waals surface area contributed by atoms with Crippen molar-refractivity contribution in [3.8, 4) is 0 Å². The first kappa shape index (κ1) is 14.4. The van der Waals surface area contributed by atoms with Gasteiger partial charge in [-0.1, -0.05) is 32.0 Å². The van der Waals surface area contributed by atoms with Gasteiger partial charge in [0.1, 0.15) is 0 Å². The van der Waals surface area contributed by atoms with E-state index in [1.165, 1.54) is 22.4 Å². The van der Waals surface area contributed by atoms with Crippen LogP contribution >= 0.6 is 0 Å². The van der Waals surface area contributed by atoms with E-state index in [9.17, 15) is 0 Å². The zero-order valence-electron chi connectivity index (χ0n) is 13.1. The molecule has 0 unspecified atom stereocenters. The van der Waals surface area contributed by atoms with Crippen LogP contribution in [0.2, 0.25) is 0 Å². The van der Waals surface area contributed by atoms with E-state index in [0.717, 1.165) is 11.4 Å². The van der Waals surface area contributed by atoms with Crippen LogP contribution in [0.1, 0.15) is 36.5 Å². The lowest BCUT2D eigenvalue weighted by Gasteiger charge is -2.24. The second-order valence-corrected chi connectivity index (χ2v) is 5.82. The van der Waals surface area contributed by atoms with Gasteiger partial charge in [-0.3, -0.25) is 0 Å². The lowest BCUT2D eigenvalue weighted by Crippen LogP contribution is -2.13. The van der Waals surface area contributed by atoms with Crippen molar-refractivity contribution in [2.75, 3.05) is 17.7 Å². The lowest BCUT2D eigenvalue weighted by atomic mass is 10.00. The van der Waals surface area contributed by atoms with Gasteiger partial charge in [0.2, 0.25) is 0 Å². The summed E-state index contributed by atoms with van der Waals surface area (Å²) in [7, 11) is 2.08. The minimum absolute atomic E-state index is 0.526. The molecule has 0 radical (unpaired) electrons. The first-order valence-corrected chi connectivity index (χ1v) is 7.10. The van der Waals surface area contributed by atoms with Crippen molar-refractivity contribution in [1.29, 1.82) is 0 Å². The molecule has 0 spiro atoms. The highest BCUT2D eigenvalue weighted by atomic mass is 15.1. The predicted molar refractivity (Wildman–Crippen MR) is 88.9 cm³/mol. The van der Waals surface area contributed by atoms with Crippen LogP contribution in [0.15, 0.2) is 36.4 Å². The summed E-state index contributed by atoms with van der Waals surface area (Å²) < 4.78 is 0. The van der Waals surface area contributed by atoms with E-state index in [-0.39, 0.29) is 0 Å². The maximum Gasteiger partial charge on any atom is 0.0642 e. The molecule has 0 heterocycles. The van der Waals surface area contributed by atoms with Gasteiger partial charge in [-0.15, -0.1) is 0 Å². The minimum Gasteiger partial charge on any atom is -0.397 e. The topological polar surface area (TPSA) is 29.3 Å². The second-order valence-electron chi connectivity index (χ2n) is 5.82. The molecule has 0 bridgehead atoms. The molecule has 0 aromatic heterocycles. The van der Waals surface area contributed by atoms with Gasteiger partial charge in [0, 0.05) is 12.7 Å². The Morgan fingerprint density at radius 1 is 0.950 bits per heavy atom. The highest BCUT2D eigenvalue weighted by molar-refractivity contribution is 5.76. The zero-order valence-corrected chi connectivity index (χ0v) is 13.1. The third kappa shape index (κ3) is 2.79. The molecule has 2 heteroatoms. The fraction of sp³-hybridized carbons (Fsp3) is 0.333. The number of hydrogen-bond acceptors (Lipinski definition) is 2. The highest BCUT2D eigenvalue weighted by Crippen LogP contribution is 2.33. The van der Waals surface area contributed by atoms with Crippen molar-refractivity contribution in [2.45, 2.75) is 33.6 Å². The van der Waals surface area contributed by atoms with Crippen molar-refractivity contribution in [1.82, 2.24) is 0 Å². The number of aryl methyl sites for hydroxylation is 2. The maximum atomic E-state index is 6.17. The molecule has 0 fully saturated rings. The maximum absolute atomic E-state index is 6.17. The van der Waals surface area contributed by atoms with Gasteiger partial charge in [0.15, 0.2) is 0 Å². The molecule has 0 aliphatic carbocycles. The van der Waals surface area contributed by atoms with Crippen LogP contribution in [0.3, 0.4) is 0 Å². The standard InChI is InChI=1S/C18H24N2/c1-12(2)15-8-7-14(4)18(11-15)20(5)17-9-6-13(3)10-16(17)19/h6-12H,19H2,1-5H3. The molecule has 106 valence electrons. The molecular formula is C18H24N2. The lowest BCUT2D eigenvalue weighted by molar-refractivity contribution is 0.865. The molecule has 0 amide bonds. The van der Waals surface area contributed by atoms with Gasteiger partial charge in [-0.05, 0) is 54.7 Å². The van der Waals surface area contributed by atoms with Crippen LogP contribution in [0.25, 0.3) is 0 Å². The molecule has 0 saturated carbocycles. The Balaban J connectivity index is 2.47. The summed E-state index contributed by atoms with van der Waals surface area (Å²) in [4.78, 5) is 2.18. The highest BCUT2D eigenvalue weighted by Gasteiger charge is 2.11. The third-order valence-corrected chi connectivity index (χ3v) is 3.81. The summed E-state index contributed by atoms with van der Waals surface area (Å²) in [5, 5.41) is 0. The minimum atomic E-state index is 0.526. The van der Waals surface area contributed by atoms with Gasteiger partial charge in [-0.2, -0.15) is 0 Å². The van der Waals surface area contributed by atoms with E-state index in [4.69, 9.17) is 5.73 Å². The van der Waals surface area contributed by atoms with Gasteiger partial charge in [0.05, 0.1) is 11.4 Å². The van der Waals surface area contributed by atoms with Gasteiger partial charge >= 0.3 is 0 Å². The molecule has 0 aliphatic rings. The van der Waals surface area contributed by atoms with Crippen molar-refractivity contribution in [2.24, 2.45) is 0 Å². The summed E-state index contributed by atoms with van der Waals surface area (Å²) >= 11 is 0. The number of anilines is 3. The molecule has 2 aromatic rings. The largest absolute Gasteiger partial charge is 0.397 e. The van der Waals surface area contributed by atoms with E-state index >= 15 is 0 Å². The molecule has 0 saturated heterocycles. The summed E-state index contributed by atoms with van der Waals surface area (Å²) in [5.41, 5.74) is 13.1. The van der Waals surface area contributed by atoms with Crippen LogP contribution < -0.4 is 10.6 Å². The number of rotatable bonds is 3. The zero-order chi connectivity index (χ0) is 14.9. The first-order chi connectivity index (χ1) is 9.40. The van der Waals surface area contributed by atoms with Crippen LogP contribution in [0.5, 0.6) is 0 Å². The Morgan fingerprint density at radius 2 is 1.65 bits per heavy atom.